The number of hydrogen-bond donors (Lipinski definition) is 2. The number of methoxy groups -OCH3 is 1. The number of benzene rings is 1. The largest absolute Gasteiger partial charge is 0.497 e. The maximum atomic E-state index is 5.26. The van der Waals surface area contributed by atoms with Crippen LogP contribution in [-0.2, 0) is 0 Å². The molecule has 0 atom stereocenters. The number of rotatable bonds is 5. The van der Waals surface area contributed by atoms with E-state index in [-0.39, 0.29) is 0 Å². The van der Waals surface area contributed by atoms with Gasteiger partial charge in [-0.1, -0.05) is 5.16 Å². The van der Waals surface area contributed by atoms with Crippen molar-refractivity contribution in [1.29, 1.82) is 0 Å². The molecule has 0 aliphatic rings. The van der Waals surface area contributed by atoms with Crippen molar-refractivity contribution in [3.8, 4) is 11.6 Å². The normalized spacial score (nSPS) is 11.0. The van der Waals surface area contributed by atoms with Crippen molar-refractivity contribution in [2.75, 3.05) is 12.4 Å². The van der Waals surface area contributed by atoms with Gasteiger partial charge in [0, 0.05) is 28.7 Å². The first-order valence-corrected chi connectivity index (χ1v) is 8.75. The number of aromatic nitrogens is 2. The molecule has 7 nitrogen and oxygen atoms in total. The van der Waals surface area contributed by atoms with E-state index >= 15 is 0 Å². The SMILES string of the molecule is COc1ccc(NC(=S)N/N=C\c2cc(C)n(-c3cc(C)on3)c2C)cc1. The highest BCUT2D eigenvalue weighted by Crippen LogP contribution is 2.19. The van der Waals surface area contributed by atoms with Gasteiger partial charge in [-0.2, -0.15) is 5.10 Å². The molecule has 0 spiro atoms. The summed E-state index contributed by atoms with van der Waals surface area (Å²) in [4.78, 5) is 0. The minimum absolute atomic E-state index is 0.400. The Morgan fingerprint density at radius 3 is 2.59 bits per heavy atom. The first kappa shape index (κ1) is 18.7. The highest BCUT2D eigenvalue weighted by molar-refractivity contribution is 7.80. The lowest BCUT2D eigenvalue weighted by Crippen LogP contribution is -2.23. The summed E-state index contributed by atoms with van der Waals surface area (Å²) in [5.41, 5.74) is 6.70. The number of hydrogen-bond acceptors (Lipinski definition) is 5. The molecular weight excluding hydrogens is 362 g/mol. The molecule has 0 radical (unpaired) electrons. The summed E-state index contributed by atoms with van der Waals surface area (Å²) in [6.45, 7) is 5.89. The first-order chi connectivity index (χ1) is 13.0. The smallest absolute Gasteiger partial charge is 0.191 e. The second-order valence-corrected chi connectivity index (χ2v) is 6.42. The molecule has 8 heteroatoms. The van der Waals surface area contributed by atoms with Gasteiger partial charge in [0.15, 0.2) is 10.9 Å². The van der Waals surface area contributed by atoms with E-state index in [0.717, 1.165) is 40.0 Å². The van der Waals surface area contributed by atoms with Gasteiger partial charge in [-0.15, -0.1) is 0 Å². The van der Waals surface area contributed by atoms with Crippen LogP contribution in [0.5, 0.6) is 5.75 Å². The minimum atomic E-state index is 0.400. The predicted molar refractivity (Wildman–Crippen MR) is 110 cm³/mol. The molecule has 0 saturated carbocycles. The van der Waals surface area contributed by atoms with Crippen molar-refractivity contribution in [2.45, 2.75) is 20.8 Å². The Morgan fingerprint density at radius 1 is 1.22 bits per heavy atom. The Labute approximate surface area is 163 Å². The van der Waals surface area contributed by atoms with Crippen LogP contribution in [0.15, 0.2) is 46.0 Å². The van der Waals surface area contributed by atoms with Gasteiger partial charge in [-0.25, -0.2) is 0 Å². The highest BCUT2D eigenvalue weighted by atomic mass is 32.1. The van der Waals surface area contributed by atoms with E-state index in [1.807, 2.05) is 61.7 Å². The Balaban J connectivity index is 1.65. The summed E-state index contributed by atoms with van der Waals surface area (Å²) in [6.07, 6.45) is 1.73. The van der Waals surface area contributed by atoms with Crippen LogP contribution in [0, 0.1) is 20.8 Å². The second kappa shape index (κ2) is 8.05. The summed E-state index contributed by atoms with van der Waals surface area (Å²) in [6, 6.07) is 11.4. The summed E-state index contributed by atoms with van der Waals surface area (Å²) in [5, 5.41) is 11.8. The molecule has 2 N–H and O–H groups in total. The van der Waals surface area contributed by atoms with Gasteiger partial charge in [-0.3, -0.25) is 9.99 Å². The van der Waals surface area contributed by atoms with E-state index in [1.54, 1.807) is 13.3 Å². The van der Waals surface area contributed by atoms with Crippen molar-refractivity contribution in [2.24, 2.45) is 5.10 Å². The fourth-order valence-electron chi connectivity index (χ4n) is 2.72. The fourth-order valence-corrected chi connectivity index (χ4v) is 2.89. The van der Waals surface area contributed by atoms with E-state index in [1.165, 1.54) is 0 Å². The molecular formula is C19H21N5O2S. The Kier molecular flexibility index (Phi) is 5.56. The van der Waals surface area contributed by atoms with Crippen LogP contribution in [0.1, 0.15) is 22.7 Å². The zero-order valence-corrected chi connectivity index (χ0v) is 16.4. The Morgan fingerprint density at radius 2 is 1.96 bits per heavy atom. The standard InChI is InChI=1S/C19H21N5O2S/c1-12-9-15(14(3)24(12)18-10-13(2)26-23-18)11-20-22-19(27)21-16-5-7-17(25-4)8-6-16/h5-11H,1-4H3,(H2,21,22,27)/b20-11-. The molecule has 0 amide bonds. The van der Waals surface area contributed by atoms with Gasteiger partial charge in [0.2, 0.25) is 0 Å². The predicted octanol–water partition coefficient (Wildman–Crippen LogP) is 3.72. The van der Waals surface area contributed by atoms with Crippen molar-refractivity contribution in [3.05, 3.63) is 59.1 Å². The molecule has 3 rings (SSSR count). The van der Waals surface area contributed by atoms with E-state index < -0.39 is 0 Å². The maximum absolute atomic E-state index is 5.26. The van der Waals surface area contributed by atoms with Gasteiger partial charge >= 0.3 is 0 Å². The van der Waals surface area contributed by atoms with Gasteiger partial charge in [0.05, 0.1) is 13.3 Å². The average Bonchev–Trinajstić information content (AvgIpc) is 3.18. The van der Waals surface area contributed by atoms with Crippen molar-refractivity contribution in [1.82, 2.24) is 15.1 Å². The summed E-state index contributed by atoms with van der Waals surface area (Å²) < 4.78 is 12.3. The lowest BCUT2D eigenvalue weighted by atomic mass is 10.3. The van der Waals surface area contributed by atoms with Crippen LogP contribution < -0.4 is 15.5 Å². The zero-order chi connectivity index (χ0) is 19.4. The molecule has 3 aromatic rings. The van der Waals surface area contributed by atoms with Gasteiger partial charge in [0.25, 0.3) is 0 Å². The van der Waals surface area contributed by atoms with E-state index in [0.29, 0.717) is 5.11 Å². The molecule has 2 heterocycles. The van der Waals surface area contributed by atoms with Crippen LogP contribution in [0.25, 0.3) is 5.82 Å². The summed E-state index contributed by atoms with van der Waals surface area (Å²) in [7, 11) is 1.63. The molecule has 2 aromatic heterocycles. The van der Waals surface area contributed by atoms with Gasteiger partial charge in [0.1, 0.15) is 11.5 Å². The van der Waals surface area contributed by atoms with E-state index in [2.05, 4.69) is 21.0 Å². The molecule has 0 saturated heterocycles. The molecule has 27 heavy (non-hydrogen) atoms. The number of thiocarbonyl (C=S) groups is 1. The molecule has 0 bridgehead atoms. The topological polar surface area (TPSA) is 76.6 Å². The van der Waals surface area contributed by atoms with Crippen molar-refractivity contribution in [3.63, 3.8) is 0 Å². The molecule has 0 aliphatic heterocycles. The van der Waals surface area contributed by atoms with Crippen LogP contribution in [0.3, 0.4) is 0 Å². The second-order valence-electron chi connectivity index (χ2n) is 6.01. The Bertz CT molecular complexity index is 973. The maximum Gasteiger partial charge on any atom is 0.191 e. The third-order valence-electron chi connectivity index (χ3n) is 4.03. The first-order valence-electron chi connectivity index (χ1n) is 8.34. The average molecular weight is 383 g/mol. The number of nitrogens with one attached hydrogen (secondary N) is 2. The summed E-state index contributed by atoms with van der Waals surface area (Å²) >= 11 is 5.26. The fraction of sp³-hybridized carbons (Fsp3) is 0.211. The monoisotopic (exact) mass is 383 g/mol. The number of ether oxygens (including phenoxy) is 1. The lowest BCUT2D eigenvalue weighted by molar-refractivity contribution is 0.394. The van der Waals surface area contributed by atoms with E-state index in [4.69, 9.17) is 21.5 Å². The van der Waals surface area contributed by atoms with Crippen LogP contribution in [-0.4, -0.2) is 28.2 Å². The number of aryl methyl sites for hydroxylation is 2. The molecule has 1 aromatic carbocycles. The number of anilines is 1. The van der Waals surface area contributed by atoms with Crippen LogP contribution >= 0.6 is 12.2 Å². The quantitative estimate of drug-likeness (QED) is 0.397. The third kappa shape index (κ3) is 4.35. The molecule has 0 aliphatic carbocycles. The minimum Gasteiger partial charge on any atom is -0.497 e. The van der Waals surface area contributed by atoms with Crippen LogP contribution in [0.2, 0.25) is 0 Å². The van der Waals surface area contributed by atoms with Gasteiger partial charge < -0.3 is 14.6 Å². The van der Waals surface area contributed by atoms with Crippen LogP contribution in [0.4, 0.5) is 5.69 Å². The van der Waals surface area contributed by atoms with Crippen molar-refractivity contribution >= 4 is 29.2 Å². The van der Waals surface area contributed by atoms with Crippen molar-refractivity contribution < 1.29 is 9.26 Å². The summed E-state index contributed by atoms with van der Waals surface area (Å²) in [5.74, 6) is 2.31. The van der Waals surface area contributed by atoms with E-state index in [9.17, 15) is 0 Å². The number of nitrogens with zero attached hydrogens (tertiary/aromatic N) is 3. The Hall–Kier alpha value is -3.13. The zero-order valence-electron chi connectivity index (χ0n) is 15.6. The number of hydrazone groups is 1. The highest BCUT2D eigenvalue weighted by Gasteiger charge is 2.12. The third-order valence-corrected chi connectivity index (χ3v) is 4.23. The molecule has 140 valence electrons. The lowest BCUT2D eigenvalue weighted by Gasteiger charge is -2.07. The molecule has 0 unspecified atom stereocenters. The van der Waals surface area contributed by atoms with Gasteiger partial charge in [-0.05, 0) is 63.3 Å². The molecule has 0 fully saturated rings.